The van der Waals surface area contributed by atoms with E-state index in [1.54, 1.807) is 24.3 Å². The summed E-state index contributed by atoms with van der Waals surface area (Å²) in [7, 11) is 0. The zero-order valence-corrected chi connectivity index (χ0v) is 50.5. The highest BCUT2D eigenvalue weighted by Gasteiger charge is 2.48. The van der Waals surface area contributed by atoms with Crippen molar-refractivity contribution in [1.82, 2.24) is 51.9 Å². The van der Waals surface area contributed by atoms with Gasteiger partial charge in [-0.25, -0.2) is 4.79 Å². The van der Waals surface area contributed by atoms with E-state index in [9.17, 15) is 68.1 Å². The number of benzene rings is 1. The van der Waals surface area contributed by atoms with Gasteiger partial charge in [0.1, 0.15) is 54.4 Å². The number of aliphatic imine (C=N–C) groups is 1. The number of β-amino-alcohol motifs (C(OH)–C–C–N with tert-alkyl or cyclic N) is 1. The molecule has 488 valence electrons. The third-order valence-corrected chi connectivity index (χ3v) is 17.4. The van der Waals surface area contributed by atoms with Crippen LogP contribution >= 0.6 is 0 Å². The Morgan fingerprint density at radius 2 is 1.17 bits per heavy atom. The predicted molar refractivity (Wildman–Crippen MR) is 320 cm³/mol. The van der Waals surface area contributed by atoms with Crippen LogP contribution < -0.4 is 60.2 Å². The minimum absolute atomic E-state index is 0.00244. The highest BCUT2D eigenvalue weighted by Crippen LogP contribution is 2.32. The van der Waals surface area contributed by atoms with Crippen LogP contribution in [0, 0.1) is 11.8 Å². The first-order chi connectivity index (χ1) is 42.1. The molecule has 10 atom stereocenters. The van der Waals surface area contributed by atoms with Gasteiger partial charge in [-0.2, -0.15) is 0 Å². The number of rotatable bonds is 32. The summed E-state index contributed by atoms with van der Waals surface area (Å²) < 4.78 is 0. The number of nitrogens with one attached hydrogen (secondary N) is 7. The van der Waals surface area contributed by atoms with Crippen LogP contribution in [0.2, 0.25) is 0 Å². The monoisotopic (exact) mass is 1240 g/mol. The van der Waals surface area contributed by atoms with Gasteiger partial charge in [-0.1, -0.05) is 49.9 Å². The molecular formula is C59H93N15O14. The number of fused-ring (bicyclic) bond motifs is 1. The molecule has 10 amide bonds. The number of amides is 10. The minimum Gasteiger partial charge on any atom is -0.480 e. The molecule has 4 fully saturated rings. The van der Waals surface area contributed by atoms with Gasteiger partial charge in [-0.15, -0.1) is 0 Å². The summed E-state index contributed by atoms with van der Waals surface area (Å²) in [6, 6.07) is -3.87. The molecule has 29 nitrogen and oxygen atoms in total. The molecule has 5 aliphatic rings. The molecule has 0 spiro atoms. The van der Waals surface area contributed by atoms with E-state index >= 15 is 0 Å². The smallest absolute Gasteiger partial charge is 0.326 e. The Balaban J connectivity index is 1.12. The van der Waals surface area contributed by atoms with Crippen LogP contribution in [-0.2, 0) is 65.7 Å². The van der Waals surface area contributed by atoms with Crippen molar-refractivity contribution in [2.24, 2.45) is 39.8 Å². The maximum atomic E-state index is 14.8. The van der Waals surface area contributed by atoms with Crippen LogP contribution in [0.1, 0.15) is 140 Å². The summed E-state index contributed by atoms with van der Waals surface area (Å²) in [5, 5.41) is 50.3. The van der Waals surface area contributed by atoms with E-state index in [0.29, 0.717) is 76.4 Å². The highest BCUT2D eigenvalue weighted by atomic mass is 16.4. The van der Waals surface area contributed by atoms with Gasteiger partial charge < -0.3 is 90.2 Å². The number of nitrogens with zero attached hydrogens (tertiary/aromatic N) is 4. The third kappa shape index (κ3) is 19.5. The minimum atomic E-state index is -1.58. The standard InChI is InChI=1S/C59H93N15O14/c1-34(76)66-40(20-8-10-24-60)50(79)68-41(21-9-11-25-61)51(80)69-42(22-12-26-64-59(62)63)55(84)72-27-13-23-44(72)57(86)74-32-39(77)29-46(74)53(82)70-48(35-14-2-3-15-35)54(83)65-30-47(78)67-43(33-75)56(85)73-31-38-19-7-6-18-37(38)28-45(73)52(81)71-49(58(87)88)36-16-4-5-17-36/h6-7,18-19,35-36,39-46,48-49,75,77H,2-5,8-17,20-33,60-61H2,1H3,(H,65,83)(H,66,76)(H,67,78)(H,68,79)(H,69,80)(H,70,82)(H,71,81)(H,87,88)(H4,62,63,64)/t39-,40+,41+,42+,43+,44+,45-,46+,48?,49?/m1/s1. The Hall–Kier alpha value is -7.50. The topological polar surface area (TPSA) is 459 Å². The van der Waals surface area contributed by atoms with Gasteiger partial charge in [-0.05, 0) is 126 Å². The largest absolute Gasteiger partial charge is 0.480 e. The molecule has 1 aromatic carbocycles. The fourth-order valence-corrected chi connectivity index (χ4v) is 12.8. The van der Waals surface area contributed by atoms with E-state index in [1.165, 1.54) is 21.6 Å². The van der Waals surface area contributed by atoms with Crippen molar-refractivity contribution in [3.63, 3.8) is 0 Å². The highest BCUT2D eigenvalue weighted by molar-refractivity contribution is 5.99. The summed E-state index contributed by atoms with van der Waals surface area (Å²) >= 11 is 0. The number of carbonyl (C=O) groups excluding carboxylic acids is 10. The van der Waals surface area contributed by atoms with Crippen LogP contribution in [-0.4, -0.2) is 207 Å². The van der Waals surface area contributed by atoms with Crippen LogP contribution in [0.3, 0.4) is 0 Å². The Morgan fingerprint density at radius 1 is 0.614 bits per heavy atom. The van der Waals surface area contributed by atoms with Crippen LogP contribution in [0.4, 0.5) is 0 Å². The predicted octanol–water partition coefficient (Wildman–Crippen LogP) is -3.29. The lowest BCUT2D eigenvalue weighted by molar-refractivity contribution is -0.148. The summed E-state index contributed by atoms with van der Waals surface area (Å²) in [6.07, 6.45) is 7.26. The van der Waals surface area contributed by atoms with Gasteiger partial charge in [0.15, 0.2) is 5.96 Å². The van der Waals surface area contributed by atoms with Crippen molar-refractivity contribution >= 4 is 71.0 Å². The summed E-state index contributed by atoms with van der Waals surface area (Å²) in [5.41, 5.74) is 24.1. The molecule has 3 heterocycles. The normalized spacial score (nSPS) is 21.4. The van der Waals surface area contributed by atoms with Crippen LogP contribution in [0.25, 0.3) is 0 Å². The molecule has 0 radical (unpaired) electrons. The quantitative estimate of drug-likeness (QED) is 0.0191. The van der Waals surface area contributed by atoms with E-state index in [0.717, 1.165) is 31.2 Å². The maximum Gasteiger partial charge on any atom is 0.326 e. The molecule has 2 saturated heterocycles. The molecule has 2 unspecified atom stereocenters. The molecule has 29 heteroatoms. The lowest BCUT2D eigenvalue weighted by Gasteiger charge is -2.38. The van der Waals surface area contributed by atoms with Crippen molar-refractivity contribution in [3.05, 3.63) is 35.4 Å². The van der Waals surface area contributed by atoms with E-state index in [-0.39, 0.29) is 83.0 Å². The second kappa shape index (κ2) is 34.3. The first kappa shape index (κ1) is 69.6. The molecular weight excluding hydrogens is 1140 g/mol. The number of hydrogen-bond acceptors (Lipinski definition) is 16. The zero-order chi connectivity index (χ0) is 64.0. The number of aliphatic hydroxyl groups excluding tert-OH is 2. The summed E-state index contributed by atoms with van der Waals surface area (Å²) in [6.45, 7) is 0.161. The molecule has 0 bridgehead atoms. The Morgan fingerprint density at radius 3 is 1.76 bits per heavy atom. The first-order valence-electron chi connectivity index (χ1n) is 31.2. The number of hydrogen-bond donors (Lipinski definition) is 14. The number of carboxylic acid groups (broad SMARTS) is 1. The van der Waals surface area contributed by atoms with E-state index < -0.39 is 145 Å². The SMILES string of the molecule is CC(=O)N[C@@H](CCCCN)C(=O)N[C@@H](CCCCN)C(=O)N[C@@H](CCCN=C(N)N)C(=O)N1CCC[C@H]1C(=O)N1C[C@H](O)C[C@H]1C(=O)NC(C(=O)NCC(=O)N[C@@H](CO)C(=O)N1Cc2ccccc2C[C@@H]1C(=O)NC(C(=O)O)C1CCCC1)C1CCCC1. The van der Waals surface area contributed by atoms with Crippen molar-refractivity contribution < 1.29 is 68.1 Å². The number of guanidine groups is 1. The average Bonchev–Trinajstić information content (AvgIpc) is 2.62. The molecule has 2 aliphatic carbocycles. The van der Waals surface area contributed by atoms with Crippen LogP contribution in [0.15, 0.2) is 29.3 Å². The molecule has 0 aromatic heterocycles. The molecule has 3 aliphatic heterocycles. The van der Waals surface area contributed by atoms with Gasteiger partial charge in [0.05, 0.1) is 19.3 Å². The summed E-state index contributed by atoms with van der Waals surface area (Å²) in [5.74, 6) is -9.04. The number of unbranched alkanes of at least 4 members (excludes halogenated alkanes) is 2. The van der Waals surface area contributed by atoms with E-state index in [2.05, 4.69) is 42.2 Å². The van der Waals surface area contributed by atoms with Crippen molar-refractivity contribution in [3.8, 4) is 0 Å². The molecule has 18 N–H and O–H groups in total. The van der Waals surface area contributed by atoms with Gasteiger partial charge in [0.25, 0.3) is 0 Å². The molecule has 2 saturated carbocycles. The first-order valence-corrected chi connectivity index (χ1v) is 31.2. The van der Waals surface area contributed by atoms with Crippen LogP contribution in [0.5, 0.6) is 0 Å². The number of carboxylic acids is 1. The van der Waals surface area contributed by atoms with Crippen molar-refractivity contribution in [2.75, 3.05) is 45.9 Å². The lowest BCUT2D eigenvalue weighted by Crippen LogP contribution is -2.61. The lowest BCUT2D eigenvalue weighted by atomic mass is 9.91. The second-order valence-electron chi connectivity index (χ2n) is 23.9. The average molecular weight is 1240 g/mol. The molecule has 6 rings (SSSR count). The van der Waals surface area contributed by atoms with Gasteiger partial charge >= 0.3 is 5.97 Å². The van der Waals surface area contributed by atoms with Gasteiger partial charge in [0, 0.05) is 45.9 Å². The van der Waals surface area contributed by atoms with E-state index in [1.807, 2.05) is 0 Å². The Labute approximate surface area is 512 Å². The molecule has 88 heavy (non-hydrogen) atoms. The maximum absolute atomic E-state index is 14.8. The second-order valence-corrected chi connectivity index (χ2v) is 23.9. The number of aliphatic carboxylic acids is 1. The van der Waals surface area contributed by atoms with Gasteiger partial charge in [0.2, 0.25) is 59.1 Å². The van der Waals surface area contributed by atoms with Crippen molar-refractivity contribution in [2.45, 2.75) is 202 Å². The van der Waals surface area contributed by atoms with Gasteiger partial charge in [-0.3, -0.25) is 52.9 Å². The fourth-order valence-electron chi connectivity index (χ4n) is 12.8. The summed E-state index contributed by atoms with van der Waals surface area (Å²) in [4.78, 5) is 160. The number of carbonyl (C=O) groups is 11. The fraction of sp³-hybridized carbons (Fsp3) is 0.695. The number of aliphatic hydroxyl groups is 2. The third-order valence-electron chi connectivity index (χ3n) is 17.4. The zero-order valence-electron chi connectivity index (χ0n) is 50.5. The number of likely N-dealkylation sites (tertiary alicyclic amines) is 2. The molecule has 1 aromatic rings. The number of nitrogens with two attached hydrogens (primary N) is 4. The van der Waals surface area contributed by atoms with Crippen molar-refractivity contribution in [1.29, 1.82) is 0 Å². The Bertz CT molecular complexity index is 2650. The van der Waals surface area contributed by atoms with E-state index in [4.69, 9.17) is 22.9 Å². The Kier molecular flexibility index (Phi) is 27.1.